The molecule has 0 bridgehead atoms. The Kier molecular flexibility index (Phi) is 4.76. The second kappa shape index (κ2) is 6.15. The molecule has 2 rings (SSSR count). The highest BCUT2D eigenvalue weighted by atomic mass is 32.2. The first kappa shape index (κ1) is 17.8. The third-order valence-corrected chi connectivity index (χ3v) is 6.61. The van der Waals surface area contributed by atoms with E-state index >= 15 is 0 Å². The van der Waals surface area contributed by atoms with Gasteiger partial charge in [0.05, 0.1) is 4.92 Å². The number of Topliss-reactive ketones (excluding diaryl/α,β-unsaturated/α-hetero) is 1. The van der Waals surface area contributed by atoms with Crippen molar-refractivity contribution in [2.75, 3.05) is 5.75 Å². The van der Waals surface area contributed by atoms with Gasteiger partial charge in [-0.3, -0.25) is 19.1 Å². The number of ketones is 1. The van der Waals surface area contributed by atoms with Gasteiger partial charge in [-0.1, -0.05) is 6.07 Å². The van der Waals surface area contributed by atoms with E-state index in [0.29, 0.717) is 12.2 Å². The topological polar surface area (TPSA) is 77.3 Å². The van der Waals surface area contributed by atoms with E-state index in [1.165, 1.54) is 13.0 Å². The third-order valence-electron chi connectivity index (χ3n) is 4.43. The van der Waals surface area contributed by atoms with E-state index in [-0.39, 0.29) is 22.6 Å². The standard InChI is InChI=1S/C17H23NO4S/c1-12(19)10-17(11-23(22)16(2,3)4)8-7-13-5-6-14(18(20)21)9-15(13)17/h5-6,9H,7-8,10-11H2,1-4H3/t17-,23-/m1/s1. The Balaban J connectivity index is 2.50. The van der Waals surface area contributed by atoms with Gasteiger partial charge in [-0.25, -0.2) is 0 Å². The maximum atomic E-state index is 12.7. The Morgan fingerprint density at radius 1 is 1.39 bits per heavy atom. The van der Waals surface area contributed by atoms with Crippen LogP contribution in [0.5, 0.6) is 0 Å². The number of non-ortho nitro benzene ring substituents is 1. The Hall–Kier alpha value is -1.56. The molecule has 23 heavy (non-hydrogen) atoms. The van der Waals surface area contributed by atoms with Gasteiger partial charge < -0.3 is 0 Å². The first-order valence-electron chi connectivity index (χ1n) is 7.71. The van der Waals surface area contributed by atoms with Crippen LogP contribution in [-0.4, -0.2) is 25.4 Å². The lowest BCUT2D eigenvalue weighted by Gasteiger charge is -2.32. The molecule has 0 unspecified atom stereocenters. The van der Waals surface area contributed by atoms with Crippen LogP contribution in [-0.2, 0) is 27.4 Å². The Morgan fingerprint density at radius 3 is 2.57 bits per heavy atom. The van der Waals surface area contributed by atoms with Crippen LogP contribution in [0.3, 0.4) is 0 Å². The van der Waals surface area contributed by atoms with E-state index in [2.05, 4.69) is 0 Å². The van der Waals surface area contributed by atoms with Gasteiger partial charge in [-0.05, 0) is 51.7 Å². The largest absolute Gasteiger partial charge is 0.300 e. The predicted molar refractivity (Wildman–Crippen MR) is 91.2 cm³/mol. The van der Waals surface area contributed by atoms with Crippen molar-refractivity contribution in [2.24, 2.45) is 0 Å². The highest BCUT2D eigenvalue weighted by molar-refractivity contribution is 7.86. The van der Waals surface area contributed by atoms with Gasteiger partial charge >= 0.3 is 0 Å². The van der Waals surface area contributed by atoms with E-state index < -0.39 is 21.1 Å². The zero-order chi connectivity index (χ0) is 17.4. The van der Waals surface area contributed by atoms with Crippen LogP contribution in [0.25, 0.3) is 0 Å². The maximum Gasteiger partial charge on any atom is 0.269 e. The molecule has 1 aliphatic carbocycles. The van der Waals surface area contributed by atoms with Crippen molar-refractivity contribution >= 4 is 22.3 Å². The lowest BCUT2D eigenvalue weighted by molar-refractivity contribution is -0.385. The van der Waals surface area contributed by atoms with Crippen LogP contribution < -0.4 is 0 Å². The number of aryl methyl sites for hydroxylation is 1. The molecule has 1 aliphatic rings. The molecule has 0 saturated carbocycles. The number of benzene rings is 1. The fraction of sp³-hybridized carbons (Fsp3) is 0.588. The summed E-state index contributed by atoms with van der Waals surface area (Å²) in [6.07, 6.45) is 1.76. The predicted octanol–water partition coefficient (Wildman–Crippen LogP) is 3.31. The molecule has 0 aliphatic heterocycles. The minimum Gasteiger partial charge on any atom is -0.300 e. The van der Waals surface area contributed by atoms with Crippen molar-refractivity contribution in [1.82, 2.24) is 0 Å². The van der Waals surface area contributed by atoms with Gasteiger partial charge in [-0.15, -0.1) is 0 Å². The molecule has 0 amide bonds. The molecule has 5 nitrogen and oxygen atoms in total. The summed E-state index contributed by atoms with van der Waals surface area (Å²) in [6.45, 7) is 7.26. The molecule has 0 spiro atoms. The number of carbonyl (C=O) groups is 1. The fourth-order valence-corrected chi connectivity index (χ4v) is 4.56. The van der Waals surface area contributed by atoms with Gasteiger partial charge in [0.2, 0.25) is 0 Å². The van der Waals surface area contributed by atoms with E-state index in [1.54, 1.807) is 12.1 Å². The van der Waals surface area contributed by atoms with Crippen LogP contribution in [0.15, 0.2) is 18.2 Å². The highest BCUT2D eigenvalue weighted by Gasteiger charge is 2.43. The molecule has 0 heterocycles. The van der Waals surface area contributed by atoms with E-state index in [0.717, 1.165) is 17.5 Å². The van der Waals surface area contributed by atoms with Crippen molar-refractivity contribution in [3.05, 3.63) is 39.4 Å². The van der Waals surface area contributed by atoms with Gasteiger partial charge in [0.25, 0.3) is 5.69 Å². The van der Waals surface area contributed by atoms with E-state index in [1.807, 2.05) is 20.8 Å². The lowest BCUT2D eigenvalue weighted by atomic mass is 9.79. The summed E-state index contributed by atoms with van der Waals surface area (Å²) < 4.78 is 12.3. The second-order valence-electron chi connectivity index (χ2n) is 7.36. The minimum atomic E-state index is -1.13. The summed E-state index contributed by atoms with van der Waals surface area (Å²) >= 11 is 0. The first-order valence-corrected chi connectivity index (χ1v) is 9.03. The number of hydrogen-bond donors (Lipinski definition) is 0. The normalized spacial score (nSPS) is 21.7. The van der Waals surface area contributed by atoms with Crippen molar-refractivity contribution in [1.29, 1.82) is 0 Å². The third kappa shape index (κ3) is 3.68. The molecular weight excluding hydrogens is 314 g/mol. The Morgan fingerprint density at radius 2 is 2.04 bits per heavy atom. The molecule has 2 atom stereocenters. The average molecular weight is 337 g/mol. The number of nitrogens with zero attached hydrogens (tertiary/aromatic N) is 1. The van der Waals surface area contributed by atoms with Crippen LogP contribution in [0.4, 0.5) is 5.69 Å². The minimum absolute atomic E-state index is 0.0234. The van der Waals surface area contributed by atoms with E-state index in [9.17, 15) is 19.1 Å². The smallest absolute Gasteiger partial charge is 0.269 e. The summed E-state index contributed by atoms with van der Waals surface area (Å²) in [5.41, 5.74) is 1.34. The maximum absolute atomic E-state index is 12.7. The summed E-state index contributed by atoms with van der Waals surface area (Å²) in [4.78, 5) is 22.5. The number of carbonyl (C=O) groups excluding carboxylic acids is 1. The summed E-state index contributed by atoms with van der Waals surface area (Å²) in [5, 5.41) is 11.1. The summed E-state index contributed by atoms with van der Waals surface area (Å²) in [6, 6.07) is 4.85. The van der Waals surface area contributed by atoms with Crippen LogP contribution in [0, 0.1) is 10.1 Å². The van der Waals surface area contributed by atoms with Crippen molar-refractivity contribution < 1.29 is 13.9 Å². The lowest BCUT2D eigenvalue weighted by Crippen LogP contribution is -2.38. The highest BCUT2D eigenvalue weighted by Crippen LogP contribution is 2.44. The molecule has 0 radical (unpaired) electrons. The van der Waals surface area contributed by atoms with Crippen molar-refractivity contribution in [3.8, 4) is 0 Å². The van der Waals surface area contributed by atoms with Crippen LogP contribution >= 0.6 is 0 Å². The molecule has 0 N–H and O–H groups in total. The van der Waals surface area contributed by atoms with Crippen LogP contribution in [0.1, 0.15) is 51.7 Å². The zero-order valence-electron chi connectivity index (χ0n) is 14.0. The summed E-state index contributed by atoms with van der Waals surface area (Å²) in [5.74, 6) is 0.389. The zero-order valence-corrected chi connectivity index (χ0v) is 14.9. The van der Waals surface area contributed by atoms with Crippen molar-refractivity contribution in [3.63, 3.8) is 0 Å². The van der Waals surface area contributed by atoms with Gasteiger partial charge in [0.1, 0.15) is 5.78 Å². The molecule has 6 heteroatoms. The van der Waals surface area contributed by atoms with Gasteiger partial charge in [-0.2, -0.15) is 0 Å². The van der Waals surface area contributed by atoms with Crippen molar-refractivity contribution in [2.45, 2.75) is 57.1 Å². The molecule has 1 aromatic rings. The molecular formula is C17H23NO4S. The fourth-order valence-electron chi connectivity index (χ4n) is 3.23. The number of rotatable bonds is 5. The SMILES string of the molecule is CC(=O)C[C@@]1(C[S@@](=O)C(C)(C)C)CCc2ccc([N+](=O)[O-])cc21. The van der Waals surface area contributed by atoms with Gasteiger partial charge in [0, 0.05) is 45.3 Å². The number of nitro groups is 1. The average Bonchev–Trinajstić information content (AvgIpc) is 2.75. The Bertz CT molecular complexity index is 678. The monoisotopic (exact) mass is 337 g/mol. The van der Waals surface area contributed by atoms with Crippen LogP contribution in [0.2, 0.25) is 0 Å². The van der Waals surface area contributed by atoms with Gasteiger partial charge in [0.15, 0.2) is 0 Å². The number of hydrogen-bond acceptors (Lipinski definition) is 4. The molecule has 0 saturated heterocycles. The second-order valence-corrected chi connectivity index (χ2v) is 9.56. The number of nitro benzene ring substituents is 1. The number of fused-ring (bicyclic) bond motifs is 1. The first-order chi connectivity index (χ1) is 10.5. The molecule has 0 aromatic heterocycles. The molecule has 1 aromatic carbocycles. The summed E-state index contributed by atoms with van der Waals surface area (Å²) in [7, 11) is -1.13. The Labute approximate surface area is 139 Å². The quantitative estimate of drug-likeness (QED) is 0.610. The van der Waals surface area contributed by atoms with E-state index in [4.69, 9.17) is 0 Å². The molecule has 126 valence electrons. The molecule has 0 fully saturated rings.